The fraction of sp³-hybridized carbons (Fsp3) is 0.150. The Morgan fingerprint density at radius 3 is 2.54 bits per heavy atom. The van der Waals surface area contributed by atoms with E-state index in [-0.39, 0.29) is 12.5 Å². The minimum Gasteiger partial charge on any atom is -0.495 e. The first-order valence-electron chi connectivity index (χ1n) is 8.46. The third kappa shape index (κ3) is 4.32. The highest BCUT2D eigenvalue weighted by atomic mass is 35.5. The maximum Gasteiger partial charge on any atom is 0.321 e. The molecule has 8 heteroatoms. The molecule has 144 valence electrons. The molecule has 0 fully saturated rings. The van der Waals surface area contributed by atoms with Gasteiger partial charge in [-0.15, -0.1) is 0 Å². The molecule has 1 amide bonds. The Labute approximate surface area is 165 Å². The average Bonchev–Trinajstić information content (AvgIpc) is 2.71. The number of hydrogen-bond acceptors (Lipinski definition) is 4. The second kappa shape index (κ2) is 8.58. The highest BCUT2D eigenvalue weighted by Crippen LogP contribution is 2.24. The Morgan fingerprint density at radius 1 is 1.07 bits per heavy atom. The lowest BCUT2D eigenvalue weighted by Crippen LogP contribution is -2.42. The summed E-state index contributed by atoms with van der Waals surface area (Å²) in [5.74, 6) is 0.0210. The summed E-state index contributed by atoms with van der Waals surface area (Å²) in [5, 5.41) is 3.12. The van der Waals surface area contributed by atoms with Crippen molar-refractivity contribution < 1.29 is 9.53 Å². The molecule has 0 spiro atoms. The topological polar surface area (TPSA) is 82.3 Å². The van der Waals surface area contributed by atoms with Crippen molar-refractivity contribution in [2.24, 2.45) is 0 Å². The van der Waals surface area contributed by atoms with E-state index >= 15 is 0 Å². The molecule has 1 heterocycles. The van der Waals surface area contributed by atoms with Crippen LogP contribution in [0.5, 0.6) is 5.75 Å². The molecule has 0 atom stereocenters. The first-order chi connectivity index (χ1) is 13.5. The van der Waals surface area contributed by atoms with Crippen LogP contribution in [0.2, 0.25) is 5.02 Å². The van der Waals surface area contributed by atoms with E-state index in [2.05, 4.69) is 5.32 Å². The van der Waals surface area contributed by atoms with Gasteiger partial charge in [0.1, 0.15) is 12.3 Å². The van der Waals surface area contributed by atoms with Crippen LogP contribution in [-0.2, 0) is 17.9 Å². The molecule has 1 N–H and O–H groups in total. The van der Waals surface area contributed by atoms with Crippen molar-refractivity contribution >= 4 is 17.5 Å². The largest absolute Gasteiger partial charge is 0.495 e. The monoisotopic (exact) mass is 399 g/mol. The van der Waals surface area contributed by atoms with Crippen LogP contribution in [0.4, 0.5) is 0 Å². The summed E-state index contributed by atoms with van der Waals surface area (Å²) in [6.45, 7) is 0.0830. The van der Waals surface area contributed by atoms with Gasteiger partial charge in [-0.05, 0) is 23.8 Å². The number of rotatable bonds is 6. The first kappa shape index (κ1) is 19.4. The summed E-state index contributed by atoms with van der Waals surface area (Å²) in [4.78, 5) is 37.1. The number of amides is 1. The van der Waals surface area contributed by atoms with Gasteiger partial charge in [0.25, 0.3) is 0 Å². The van der Waals surface area contributed by atoms with E-state index in [0.717, 1.165) is 14.7 Å². The molecule has 2 aromatic carbocycles. The second-order valence-corrected chi connectivity index (χ2v) is 6.42. The molecular formula is C20H18ClN3O4. The summed E-state index contributed by atoms with van der Waals surface area (Å²) >= 11 is 5.99. The Balaban J connectivity index is 1.81. The zero-order chi connectivity index (χ0) is 20.1. The predicted molar refractivity (Wildman–Crippen MR) is 106 cm³/mol. The number of hydrogen-bond donors (Lipinski definition) is 1. The van der Waals surface area contributed by atoms with Crippen LogP contribution < -0.4 is 21.2 Å². The van der Waals surface area contributed by atoms with Crippen molar-refractivity contribution in [3.05, 3.63) is 92.2 Å². The van der Waals surface area contributed by atoms with Crippen LogP contribution in [0.1, 0.15) is 5.56 Å². The van der Waals surface area contributed by atoms with E-state index in [0.29, 0.717) is 23.0 Å². The molecule has 0 aliphatic carbocycles. The smallest absolute Gasteiger partial charge is 0.321 e. The summed E-state index contributed by atoms with van der Waals surface area (Å²) in [6, 6.07) is 14.1. The van der Waals surface area contributed by atoms with Gasteiger partial charge in [-0.1, -0.05) is 41.9 Å². The number of carbonyl (C=O) groups is 1. The third-order valence-electron chi connectivity index (χ3n) is 4.11. The number of ether oxygens (including phenoxy) is 1. The zero-order valence-corrected chi connectivity index (χ0v) is 15.8. The molecule has 0 bridgehead atoms. The Kier molecular flexibility index (Phi) is 5.96. The van der Waals surface area contributed by atoms with Crippen molar-refractivity contribution in [2.45, 2.75) is 13.1 Å². The van der Waals surface area contributed by atoms with E-state index in [1.54, 1.807) is 12.1 Å². The molecule has 28 heavy (non-hydrogen) atoms. The van der Waals surface area contributed by atoms with Gasteiger partial charge in [0.15, 0.2) is 0 Å². The Morgan fingerprint density at radius 2 is 1.82 bits per heavy atom. The molecule has 0 saturated heterocycles. The number of methoxy groups -OCH3 is 1. The molecule has 0 aliphatic heterocycles. The van der Waals surface area contributed by atoms with E-state index in [9.17, 15) is 14.4 Å². The minimum atomic E-state index is -0.820. The summed E-state index contributed by atoms with van der Waals surface area (Å²) in [5.41, 5.74) is -0.345. The number of carbonyl (C=O) groups excluding carboxylic acids is 1. The van der Waals surface area contributed by atoms with Gasteiger partial charge in [-0.25, -0.2) is 0 Å². The molecule has 0 radical (unpaired) electrons. The van der Waals surface area contributed by atoms with Crippen LogP contribution in [-0.4, -0.2) is 22.2 Å². The molecule has 3 aromatic rings. The fourth-order valence-electron chi connectivity index (χ4n) is 2.68. The van der Waals surface area contributed by atoms with Crippen LogP contribution >= 0.6 is 11.6 Å². The van der Waals surface area contributed by atoms with Crippen molar-refractivity contribution in [1.29, 1.82) is 0 Å². The Bertz CT molecular complexity index is 1110. The lowest BCUT2D eigenvalue weighted by molar-refractivity contribution is -0.121. The second-order valence-electron chi connectivity index (χ2n) is 5.98. The lowest BCUT2D eigenvalue weighted by atomic mass is 10.2. The fourth-order valence-corrected chi connectivity index (χ4v) is 2.85. The van der Waals surface area contributed by atoms with Gasteiger partial charge in [0.2, 0.25) is 5.91 Å². The summed E-state index contributed by atoms with van der Waals surface area (Å²) < 4.78 is 7.44. The van der Waals surface area contributed by atoms with Crippen molar-refractivity contribution in [2.75, 3.05) is 7.11 Å². The molecule has 0 unspecified atom stereocenters. The van der Waals surface area contributed by atoms with Crippen molar-refractivity contribution in [3.63, 3.8) is 0 Å². The van der Waals surface area contributed by atoms with Gasteiger partial charge in [0.05, 0.1) is 12.8 Å². The molecule has 0 aliphatic rings. The number of nitrogens with one attached hydrogen (secondary N) is 1. The van der Waals surface area contributed by atoms with Crippen molar-refractivity contribution in [1.82, 2.24) is 14.5 Å². The van der Waals surface area contributed by atoms with Gasteiger partial charge >= 0.3 is 11.1 Å². The maximum atomic E-state index is 12.5. The lowest BCUT2D eigenvalue weighted by Gasteiger charge is -2.12. The van der Waals surface area contributed by atoms with E-state index < -0.39 is 11.1 Å². The van der Waals surface area contributed by atoms with E-state index in [4.69, 9.17) is 16.3 Å². The number of halogens is 1. The molecular weight excluding hydrogens is 382 g/mol. The van der Waals surface area contributed by atoms with Gasteiger partial charge in [0, 0.05) is 24.0 Å². The number of nitrogens with zero attached hydrogens (tertiary/aromatic N) is 2. The maximum absolute atomic E-state index is 12.5. The van der Waals surface area contributed by atoms with Gasteiger partial charge in [-0.3, -0.25) is 23.5 Å². The molecule has 3 rings (SSSR count). The summed E-state index contributed by atoms with van der Waals surface area (Å²) in [7, 11) is 1.45. The molecule has 1 aromatic heterocycles. The third-order valence-corrected chi connectivity index (χ3v) is 4.34. The van der Waals surface area contributed by atoms with E-state index in [1.807, 2.05) is 30.3 Å². The minimum absolute atomic E-state index is 0.256. The van der Waals surface area contributed by atoms with Crippen LogP contribution in [0.15, 0.2) is 70.5 Å². The van der Waals surface area contributed by atoms with Crippen LogP contribution in [0, 0.1) is 0 Å². The van der Waals surface area contributed by atoms with Crippen LogP contribution in [0.25, 0.3) is 5.69 Å². The highest BCUT2D eigenvalue weighted by Gasteiger charge is 2.13. The molecule has 7 nitrogen and oxygen atoms in total. The predicted octanol–water partition coefficient (Wildman–Crippen LogP) is 1.98. The highest BCUT2D eigenvalue weighted by molar-refractivity contribution is 6.30. The molecule has 0 saturated carbocycles. The Hall–Kier alpha value is -3.32. The standard InChI is InChI=1S/C20H18ClN3O4/c1-28-17-8-7-15(21)11-16(17)24-10-9-23(19(26)20(24)27)13-18(25)22-12-14-5-3-2-4-6-14/h2-11H,12-13H2,1H3,(H,22,25). The number of benzene rings is 2. The van der Waals surface area contributed by atoms with E-state index in [1.165, 1.54) is 25.6 Å². The van der Waals surface area contributed by atoms with Crippen LogP contribution in [0.3, 0.4) is 0 Å². The first-order valence-corrected chi connectivity index (χ1v) is 8.84. The zero-order valence-electron chi connectivity index (χ0n) is 15.1. The van der Waals surface area contributed by atoms with Gasteiger partial charge in [-0.2, -0.15) is 0 Å². The van der Waals surface area contributed by atoms with Crippen molar-refractivity contribution in [3.8, 4) is 11.4 Å². The number of aromatic nitrogens is 2. The SMILES string of the molecule is COc1ccc(Cl)cc1-n1ccn(CC(=O)NCc2ccccc2)c(=O)c1=O. The quantitative estimate of drug-likeness (QED) is 0.642. The summed E-state index contributed by atoms with van der Waals surface area (Å²) in [6.07, 6.45) is 2.79. The van der Waals surface area contributed by atoms with Gasteiger partial charge < -0.3 is 10.1 Å². The average molecular weight is 400 g/mol. The normalized spacial score (nSPS) is 10.5.